The van der Waals surface area contributed by atoms with E-state index < -0.39 is 5.54 Å². The fraction of sp³-hybridized carbons (Fsp3) is 0.533. The van der Waals surface area contributed by atoms with E-state index in [1.165, 1.54) is 4.90 Å². The molecule has 112 valence electrons. The maximum Gasteiger partial charge on any atom is 0.325 e. The van der Waals surface area contributed by atoms with Crippen LogP contribution in [0.5, 0.6) is 0 Å². The summed E-state index contributed by atoms with van der Waals surface area (Å²) in [7, 11) is 0. The van der Waals surface area contributed by atoms with Crippen LogP contribution in [-0.2, 0) is 9.53 Å². The molecule has 1 unspecified atom stereocenters. The van der Waals surface area contributed by atoms with E-state index in [-0.39, 0.29) is 5.97 Å². The Balaban J connectivity index is 2.23. The molecule has 1 rings (SSSR count). The second kappa shape index (κ2) is 8.70. The summed E-state index contributed by atoms with van der Waals surface area (Å²) < 4.78 is 6.07. The van der Waals surface area contributed by atoms with Crippen LogP contribution in [0.4, 0.5) is 0 Å². The number of carbonyl (C=O) groups excluding carboxylic acids is 1. The first-order valence-corrected chi connectivity index (χ1v) is 8.58. The zero-order chi connectivity index (χ0) is 15.0. The molecule has 0 aliphatic heterocycles. The molecule has 0 aromatic heterocycles. The van der Waals surface area contributed by atoms with Gasteiger partial charge in [0.2, 0.25) is 0 Å². The van der Waals surface area contributed by atoms with Crippen molar-refractivity contribution in [3.8, 4) is 0 Å². The lowest BCUT2D eigenvalue weighted by molar-refractivity contribution is -0.149. The second-order valence-corrected chi connectivity index (χ2v) is 6.98. The van der Waals surface area contributed by atoms with Crippen LogP contribution in [0, 0.1) is 0 Å². The SMILES string of the molecule is CCOC(=O)C(C)(N)CCCCSc1cccc(Br)c1. The number of unbranched alkanes of at least 4 members (excludes halogenated alkanes) is 1. The fourth-order valence-electron chi connectivity index (χ4n) is 1.74. The molecule has 0 spiro atoms. The summed E-state index contributed by atoms with van der Waals surface area (Å²) >= 11 is 5.28. The first-order valence-electron chi connectivity index (χ1n) is 6.80. The van der Waals surface area contributed by atoms with E-state index >= 15 is 0 Å². The van der Waals surface area contributed by atoms with Gasteiger partial charge in [0.05, 0.1) is 6.61 Å². The van der Waals surface area contributed by atoms with Crippen molar-refractivity contribution in [2.45, 2.75) is 43.5 Å². The van der Waals surface area contributed by atoms with Crippen LogP contribution in [0.2, 0.25) is 0 Å². The minimum absolute atomic E-state index is 0.306. The van der Waals surface area contributed by atoms with Crippen molar-refractivity contribution in [3.05, 3.63) is 28.7 Å². The largest absolute Gasteiger partial charge is 0.465 e. The summed E-state index contributed by atoms with van der Waals surface area (Å²) in [6.07, 6.45) is 2.61. The third-order valence-electron chi connectivity index (χ3n) is 2.90. The number of esters is 1. The highest BCUT2D eigenvalue weighted by molar-refractivity contribution is 9.10. The molecule has 1 aromatic rings. The Morgan fingerprint density at radius 3 is 2.85 bits per heavy atom. The zero-order valence-corrected chi connectivity index (χ0v) is 14.4. The normalized spacial score (nSPS) is 13.8. The average Bonchev–Trinajstić information content (AvgIpc) is 2.38. The second-order valence-electron chi connectivity index (χ2n) is 4.90. The van der Waals surface area contributed by atoms with Gasteiger partial charge in [-0.3, -0.25) is 4.79 Å². The number of hydrogen-bond donors (Lipinski definition) is 1. The highest BCUT2D eigenvalue weighted by Gasteiger charge is 2.28. The molecule has 0 amide bonds. The number of ether oxygens (including phenoxy) is 1. The standard InChI is InChI=1S/C15H22BrNO2S/c1-3-19-14(18)15(2,17)9-4-5-10-20-13-8-6-7-12(16)11-13/h6-8,11H,3-5,9-10,17H2,1-2H3. The van der Waals surface area contributed by atoms with Crippen LogP contribution < -0.4 is 5.73 Å². The van der Waals surface area contributed by atoms with E-state index in [1.807, 2.05) is 23.9 Å². The lowest BCUT2D eigenvalue weighted by Crippen LogP contribution is -2.46. The van der Waals surface area contributed by atoms with Gasteiger partial charge in [-0.05, 0) is 50.6 Å². The molecular weight excluding hydrogens is 338 g/mol. The molecule has 0 aliphatic carbocycles. The van der Waals surface area contributed by atoms with Gasteiger partial charge in [0.25, 0.3) is 0 Å². The van der Waals surface area contributed by atoms with Gasteiger partial charge in [-0.25, -0.2) is 0 Å². The van der Waals surface area contributed by atoms with Gasteiger partial charge < -0.3 is 10.5 Å². The third kappa shape index (κ3) is 6.29. The number of halogens is 1. The van der Waals surface area contributed by atoms with Gasteiger partial charge in [0, 0.05) is 9.37 Å². The van der Waals surface area contributed by atoms with Crippen molar-refractivity contribution in [2.24, 2.45) is 5.73 Å². The molecule has 0 bridgehead atoms. The summed E-state index contributed by atoms with van der Waals surface area (Å²) in [6, 6.07) is 8.25. The van der Waals surface area contributed by atoms with Gasteiger partial charge in [-0.1, -0.05) is 28.4 Å². The van der Waals surface area contributed by atoms with Crippen LogP contribution in [0.3, 0.4) is 0 Å². The molecule has 0 saturated heterocycles. The van der Waals surface area contributed by atoms with Crippen LogP contribution in [0.15, 0.2) is 33.6 Å². The predicted molar refractivity (Wildman–Crippen MR) is 87.9 cm³/mol. The summed E-state index contributed by atoms with van der Waals surface area (Å²) in [5, 5.41) is 0. The molecule has 3 nitrogen and oxygen atoms in total. The minimum Gasteiger partial charge on any atom is -0.465 e. The Morgan fingerprint density at radius 1 is 1.45 bits per heavy atom. The smallest absolute Gasteiger partial charge is 0.325 e. The number of carbonyl (C=O) groups is 1. The molecule has 0 heterocycles. The Morgan fingerprint density at radius 2 is 2.20 bits per heavy atom. The van der Waals surface area contributed by atoms with Crippen molar-refractivity contribution < 1.29 is 9.53 Å². The maximum absolute atomic E-state index is 11.6. The highest BCUT2D eigenvalue weighted by Crippen LogP contribution is 2.23. The topological polar surface area (TPSA) is 52.3 Å². The molecule has 1 atom stereocenters. The monoisotopic (exact) mass is 359 g/mol. The number of nitrogens with two attached hydrogens (primary N) is 1. The number of benzene rings is 1. The lowest BCUT2D eigenvalue weighted by atomic mass is 9.96. The summed E-state index contributed by atoms with van der Waals surface area (Å²) in [4.78, 5) is 12.9. The number of hydrogen-bond acceptors (Lipinski definition) is 4. The van der Waals surface area contributed by atoms with E-state index in [2.05, 4.69) is 28.1 Å². The van der Waals surface area contributed by atoms with E-state index in [1.54, 1.807) is 13.8 Å². The third-order valence-corrected chi connectivity index (χ3v) is 4.47. The van der Waals surface area contributed by atoms with Crippen LogP contribution in [-0.4, -0.2) is 23.9 Å². The van der Waals surface area contributed by atoms with Crippen molar-refractivity contribution in [3.63, 3.8) is 0 Å². The van der Waals surface area contributed by atoms with Crippen molar-refractivity contribution in [1.29, 1.82) is 0 Å². The molecule has 0 fully saturated rings. The van der Waals surface area contributed by atoms with E-state index in [0.29, 0.717) is 13.0 Å². The molecule has 20 heavy (non-hydrogen) atoms. The summed E-state index contributed by atoms with van der Waals surface area (Å²) in [5.41, 5.74) is 5.11. The van der Waals surface area contributed by atoms with Crippen LogP contribution in [0.1, 0.15) is 33.1 Å². The highest BCUT2D eigenvalue weighted by atomic mass is 79.9. The van der Waals surface area contributed by atoms with Crippen molar-refractivity contribution in [1.82, 2.24) is 0 Å². The Hall–Kier alpha value is -0.520. The van der Waals surface area contributed by atoms with Gasteiger partial charge >= 0.3 is 5.97 Å². The summed E-state index contributed by atoms with van der Waals surface area (Å²) in [5.74, 6) is 0.717. The fourth-order valence-corrected chi connectivity index (χ4v) is 3.26. The predicted octanol–water partition coefficient (Wildman–Crippen LogP) is 3.99. The lowest BCUT2D eigenvalue weighted by Gasteiger charge is -2.21. The first kappa shape index (κ1) is 17.5. The summed E-state index contributed by atoms with van der Waals surface area (Å²) in [6.45, 7) is 3.92. The van der Waals surface area contributed by atoms with Gasteiger partial charge in [0.15, 0.2) is 0 Å². The van der Waals surface area contributed by atoms with E-state index in [9.17, 15) is 4.79 Å². The molecule has 5 heteroatoms. The Kier molecular flexibility index (Phi) is 7.62. The average molecular weight is 360 g/mol. The maximum atomic E-state index is 11.6. The molecule has 2 N–H and O–H groups in total. The number of rotatable bonds is 8. The first-order chi connectivity index (χ1) is 9.45. The van der Waals surface area contributed by atoms with Crippen LogP contribution in [0.25, 0.3) is 0 Å². The van der Waals surface area contributed by atoms with Gasteiger partial charge in [0.1, 0.15) is 5.54 Å². The molecule has 0 aliphatic rings. The van der Waals surface area contributed by atoms with Crippen molar-refractivity contribution in [2.75, 3.05) is 12.4 Å². The Labute approximate surface area is 133 Å². The molecule has 0 radical (unpaired) electrons. The Bertz CT molecular complexity index is 438. The van der Waals surface area contributed by atoms with Crippen LogP contribution >= 0.6 is 27.7 Å². The minimum atomic E-state index is -0.865. The molecule has 1 aromatic carbocycles. The zero-order valence-electron chi connectivity index (χ0n) is 12.0. The van der Waals surface area contributed by atoms with Crippen molar-refractivity contribution >= 4 is 33.7 Å². The van der Waals surface area contributed by atoms with E-state index in [0.717, 1.165) is 23.1 Å². The quantitative estimate of drug-likeness (QED) is 0.433. The van der Waals surface area contributed by atoms with E-state index in [4.69, 9.17) is 10.5 Å². The molecular formula is C15H22BrNO2S. The molecule has 0 saturated carbocycles. The van der Waals surface area contributed by atoms with Gasteiger partial charge in [-0.2, -0.15) is 0 Å². The number of thioether (sulfide) groups is 1. The van der Waals surface area contributed by atoms with Gasteiger partial charge in [-0.15, -0.1) is 11.8 Å².